The van der Waals surface area contributed by atoms with Crippen LogP contribution in [0.15, 0.2) is 22.9 Å². The summed E-state index contributed by atoms with van der Waals surface area (Å²) in [4.78, 5) is 15.0. The Morgan fingerprint density at radius 3 is 2.21 bits per heavy atom. The van der Waals surface area contributed by atoms with Crippen molar-refractivity contribution in [3.8, 4) is 0 Å². The first-order valence-corrected chi connectivity index (χ1v) is 4.77. The van der Waals surface area contributed by atoms with Gasteiger partial charge in [-0.25, -0.2) is 4.79 Å². The van der Waals surface area contributed by atoms with Crippen LogP contribution in [0, 0.1) is 0 Å². The zero-order valence-corrected chi connectivity index (χ0v) is 9.59. The van der Waals surface area contributed by atoms with Gasteiger partial charge in [0.15, 0.2) is 0 Å². The van der Waals surface area contributed by atoms with Gasteiger partial charge in [-0.15, -0.1) is 0 Å². The molecule has 78 valence electrons. The fraction of sp³-hybridized carbons (Fsp3) is 0.545. The van der Waals surface area contributed by atoms with Crippen molar-refractivity contribution in [3.63, 3.8) is 0 Å². The van der Waals surface area contributed by atoms with E-state index in [1.54, 1.807) is 23.9 Å². The van der Waals surface area contributed by atoms with E-state index in [1.807, 2.05) is 7.05 Å². The van der Waals surface area contributed by atoms with Crippen LogP contribution in [0.4, 0.5) is 4.79 Å². The largest absolute Gasteiger partial charge is 0.330 e. The molecule has 0 unspecified atom stereocenters. The topological polar surface area (TPSA) is 23.6 Å². The lowest BCUT2D eigenvalue weighted by molar-refractivity contribution is 0.192. The molecule has 0 saturated carbocycles. The molecule has 0 atom stereocenters. The van der Waals surface area contributed by atoms with E-state index in [1.165, 1.54) is 11.1 Å². The Morgan fingerprint density at radius 1 is 1.29 bits per heavy atom. The lowest BCUT2D eigenvalue weighted by Crippen LogP contribution is -2.35. The van der Waals surface area contributed by atoms with Crippen LogP contribution >= 0.6 is 0 Å². The highest BCUT2D eigenvalue weighted by atomic mass is 16.2. The van der Waals surface area contributed by atoms with Crippen molar-refractivity contribution in [2.24, 2.45) is 0 Å². The van der Waals surface area contributed by atoms with Gasteiger partial charge in [-0.1, -0.05) is 11.6 Å². The van der Waals surface area contributed by atoms with Crippen molar-refractivity contribution in [2.75, 3.05) is 21.1 Å². The van der Waals surface area contributed by atoms with E-state index in [9.17, 15) is 4.79 Å². The van der Waals surface area contributed by atoms with Gasteiger partial charge in [0.1, 0.15) is 0 Å². The van der Waals surface area contributed by atoms with E-state index in [4.69, 9.17) is 0 Å². The van der Waals surface area contributed by atoms with Gasteiger partial charge in [0.25, 0.3) is 0 Å². The number of hydrogen-bond acceptors (Lipinski definition) is 1. The van der Waals surface area contributed by atoms with Gasteiger partial charge in [-0.2, -0.15) is 0 Å². The highest BCUT2D eigenvalue weighted by Gasteiger charge is 2.20. The van der Waals surface area contributed by atoms with E-state index < -0.39 is 0 Å². The predicted octanol–water partition coefficient (Wildman–Crippen LogP) is 2.22. The normalized spacial score (nSPS) is 15.6. The van der Waals surface area contributed by atoms with Crippen LogP contribution in [0.1, 0.15) is 20.3 Å². The summed E-state index contributed by atoms with van der Waals surface area (Å²) in [5.74, 6) is 0. The van der Waals surface area contributed by atoms with Crippen LogP contribution < -0.4 is 0 Å². The van der Waals surface area contributed by atoms with Crippen molar-refractivity contribution in [1.29, 1.82) is 0 Å². The molecule has 3 nitrogen and oxygen atoms in total. The first kappa shape index (κ1) is 10.8. The second-order valence-electron chi connectivity index (χ2n) is 3.90. The molecular formula is C11H18N2O. The molecule has 1 aliphatic carbocycles. The Morgan fingerprint density at radius 2 is 1.86 bits per heavy atom. The second-order valence-corrected chi connectivity index (χ2v) is 3.90. The lowest BCUT2D eigenvalue weighted by atomic mass is 10.2. The van der Waals surface area contributed by atoms with Crippen LogP contribution in [0.25, 0.3) is 0 Å². The Bertz CT molecular complexity index is 313. The molecule has 2 amide bonds. The van der Waals surface area contributed by atoms with Crippen LogP contribution in [-0.2, 0) is 0 Å². The van der Waals surface area contributed by atoms with Gasteiger partial charge in [0.2, 0.25) is 0 Å². The van der Waals surface area contributed by atoms with Gasteiger partial charge < -0.3 is 9.80 Å². The molecule has 0 radical (unpaired) electrons. The molecule has 3 heteroatoms. The molecule has 0 heterocycles. The molecule has 0 bridgehead atoms. The summed E-state index contributed by atoms with van der Waals surface area (Å²) < 4.78 is 0. The van der Waals surface area contributed by atoms with E-state index in [-0.39, 0.29) is 6.03 Å². The zero-order chi connectivity index (χ0) is 10.9. The molecule has 0 spiro atoms. The minimum Gasteiger partial charge on any atom is -0.330 e. The third-order valence-corrected chi connectivity index (χ3v) is 2.70. The number of rotatable bonds is 1. The summed E-state index contributed by atoms with van der Waals surface area (Å²) >= 11 is 0. The van der Waals surface area contributed by atoms with E-state index in [0.717, 1.165) is 12.1 Å². The molecule has 1 aliphatic rings. The van der Waals surface area contributed by atoms with Gasteiger partial charge in [0, 0.05) is 33.3 Å². The molecular weight excluding hydrogens is 176 g/mol. The summed E-state index contributed by atoms with van der Waals surface area (Å²) in [5.41, 5.74) is 3.61. The summed E-state index contributed by atoms with van der Waals surface area (Å²) in [6.07, 6.45) is 3.03. The highest BCUT2D eigenvalue weighted by molar-refractivity contribution is 5.76. The molecule has 1 rings (SSSR count). The van der Waals surface area contributed by atoms with Gasteiger partial charge in [-0.3, -0.25) is 0 Å². The van der Waals surface area contributed by atoms with E-state index >= 15 is 0 Å². The Kier molecular flexibility index (Phi) is 2.99. The number of allylic oxidation sites excluding steroid dienone is 3. The number of carbonyl (C=O) groups is 1. The highest BCUT2D eigenvalue weighted by Crippen LogP contribution is 2.27. The minimum absolute atomic E-state index is 0.0300. The molecule has 0 aromatic rings. The Hall–Kier alpha value is -1.25. The van der Waals surface area contributed by atoms with Crippen molar-refractivity contribution in [2.45, 2.75) is 20.3 Å². The van der Waals surface area contributed by atoms with Gasteiger partial charge in [0.05, 0.1) is 0 Å². The maximum Gasteiger partial charge on any atom is 0.323 e. The molecule has 14 heavy (non-hydrogen) atoms. The average Bonchev–Trinajstić information content (AvgIpc) is 2.45. The van der Waals surface area contributed by atoms with Crippen molar-refractivity contribution < 1.29 is 4.79 Å². The fourth-order valence-corrected chi connectivity index (χ4v) is 1.59. The standard InChI is InChI=1S/C11H18N2O/c1-8-6-7-10(9(8)2)13(5)11(14)12(3)4/h6H,7H2,1-5H3. The molecule has 0 N–H and O–H groups in total. The summed E-state index contributed by atoms with van der Waals surface area (Å²) in [5, 5.41) is 0. The lowest BCUT2D eigenvalue weighted by Gasteiger charge is -2.23. The van der Waals surface area contributed by atoms with Crippen molar-refractivity contribution in [3.05, 3.63) is 22.9 Å². The third kappa shape index (κ3) is 1.81. The monoisotopic (exact) mass is 194 g/mol. The smallest absolute Gasteiger partial charge is 0.323 e. The SMILES string of the molecule is CC1=CCC(N(C)C(=O)N(C)C)=C1C. The predicted molar refractivity (Wildman–Crippen MR) is 57.9 cm³/mol. The first-order valence-electron chi connectivity index (χ1n) is 4.77. The molecule has 0 aromatic heterocycles. The summed E-state index contributed by atoms with van der Waals surface area (Å²) in [6, 6.07) is 0.0300. The Labute approximate surface area is 85.7 Å². The minimum atomic E-state index is 0.0300. The second kappa shape index (κ2) is 3.86. The quantitative estimate of drug-likeness (QED) is 0.628. The molecule has 0 fully saturated rings. The fourth-order valence-electron chi connectivity index (χ4n) is 1.59. The number of carbonyl (C=O) groups excluding carboxylic acids is 1. The van der Waals surface area contributed by atoms with E-state index in [2.05, 4.69) is 19.9 Å². The van der Waals surface area contributed by atoms with Crippen LogP contribution in [0.5, 0.6) is 0 Å². The van der Waals surface area contributed by atoms with E-state index in [0.29, 0.717) is 0 Å². The maximum atomic E-state index is 11.7. The maximum absolute atomic E-state index is 11.7. The van der Waals surface area contributed by atoms with Crippen LogP contribution in [-0.4, -0.2) is 37.0 Å². The summed E-state index contributed by atoms with van der Waals surface area (Å²) in [6.45, 7) is 4.14. The van der Waals surface area contributed by atoms with Gasteiger partial charge in [-0.05, 0) is 19.4 Å². The molecule has 0 aromatic carbocycles. The summed E-state index contributed by atoms with van der Waals surface area (Å²) in [7, 11) is 5.36. The average molecular weight is 194 g/mol. The van der Waals surface area contributed by atoms with Crippen molar-refractivity contribution in [1.82, 2.24) is 9.80 Å². The molecule has 0 saturated heterocycles. The van der Waals surface area contributed by atoms with Crippen molar-refractivity contribution >= 4 is 6.03 Å². The van der Waals surface area contributed by atoms with Crippen LogP contribution in [0.3, 0.4) is 0 Å². The third-order valence-electron chi connectivity index (χ3n) is 2.70. The molecule has 0 aliphatic heterocycles. The number of urea groups is 1. The number of nitrogens with zero attached hydrogens (tertiary/aromatic N) is 2. The zero-order valence-electron chi connectivity index (χ0n) is 9.59. The van der Waals surface area contributed by atoms with Gasteiger partial charge >= 0.3 is 6.03 Å². The first-order chi connectivity index (χ1) is 6.45. The number of hydrogen-bond donors (Lipinski definition) is 0. The Balaban J connectivity index is 2.83. The number of amides is 2. The van der Waals surface area contributed by atoms with Crippen LogP contribution in [0.2, 0.25) is 0 Å².